The van der Waals surface area contributed by atoms with Gasteiger partial charge in [0, 0.05) is 13.3 Å². The Balaban J connectivity index is 0. The van der Waals surface area contributed by atoms with Crippen molar-refractivity contribution in [1.82, 2.24) is 4.90 Å². The van der Waals surface area contributed by atoms with Gasteiger partial charge in [-0.25, -0.2) is 0 Å². The number of carboxylic acids is 2. The summed E-state index contributed by atoms with van der Waals surface area (Å²) in [5.74, 6) is -1.91. The smallest absolute Gasteiger partial charge is 0.300 e. The highest BCUT2D eigenvalue weighted by molar-refractivity contribution is 5.74. The van der Waals surface area contributed by atoms with Crippen molar-refractivity contribution in [1.29, 1.82) is 0 Å². The third-order valence-corrected chi connectivity index (χ3v) is 2.61. The summed E-state index contributed by atoms with van der Waals surface area (Å²) in [6.07, 6.45) is 1.96. The largest absolute Gasteiger partial charge is 0.543 e. The van der Waals surface area contributed by atoms with Crippen LogP contribution in [0.3, 0.4) is 0 Å². The highest BCUT2D eigenvalue weighted by Crippen LogP contribution is 2.25. The average Bonchev–Trinajstić information content (AvgIpc) is 2.09. The maximum Gasteiger partial charge on any atom is 0.300 e. The van der Waals surface area contributed by atoms with Crippen LogP contribution in [0.15, 0.2) is 12.7 Å². The van der Waals surface area contributed by atoms with Crippen LogP contribution in [0, 0.1) is 0 Å². The van der Waals surface area contributed by atoms with Crippen molar-refractivity contribution in [3.63, 3.8) is 0 Å². The Hall–Kier alpha value is -1.40. The molecule has 1 N–H and O–H groups in total. The second-order valence-electron chi connectivity index (χ2n) is 5.02. The van der Waals surface area contributed by atoms with Crippen LogP contribution < -0.4 is 5.11 Å². The van der Waals surface area contributed by atoms with E-state index in [0.717, 1.165) is 6.92 Å². The third-order valence-electron chi connectivity index (χ3n) is 2.61. The number of rotatable bonds is 5. The highest BCUT2D eigenvalue weighted by Gasteiger charge is 2.46. The zero-order valence-corrected chi connectivity index (χ0v) is 12.1. The first-order chi connectivity index (χ1) is 7.93. The monoisotopic (exact) mass is 260 g/mol. The Morgan fingerprint density at radius 1 is 1.39 bits per heavy atom. The van der Waals surface area contributed by atoms with Crippen molar-refractivity contribution >= 4 is 11.9 Å². The minimum atomic E-state index is -1.07. The number of carbonyl (C=O) groups excluding carboxylic acids is 1. The van der Waals surface area contributed by atoms with Crippen LogP contribution in [0.5, 0.6) is 0 Å². The van der Waals surface area contributed by atoms with Gasteiger partial charge in [0.15, 0.2) is 5.66 Å². The standard InChI is InChI=1S/C10H20N2O2.C2H4O2/c1-7-8-10(9(13)14,11(2)3)12(4,5)6;1-2(3)4/h7H,1,8H2,2-6H3;1H3,(H,3,4). The molecule has 6 heteroatoms. The lowest BCUT2D eigenvalue weighted by Gasteiger charge is -2.50. The normalized spacial score (nSPS) is 14.2. The Labute approximate surface area is 109 Å². The molecular weight excluding hydrogens is 236 g/mol. The molecule has 1 unspecified atom stereocenters. The molecule has 0 aromatic rings. The lowest BCUT2D eigenvalue weighted by atomic mass is 10.0. The molecule has 0 heterocycles. The number of aliphatic carboxylic acids is 2. The van der Waals surface area contributed by atoms with Gasteiger partial charge in [0.25, 0.3) is 5.97 Å². The maximum absolute atomic E-state index is 11.3. The van der Waals surface area contributed by atoms with Crippen LogP contribution in [0.1, 0.15) is 13.3 Å². The van der Waals surface area contributed by atoms with Crippen LogP contribution in [-0.2, 0) is 9.59 Å². The summed E-state index contributed by atoms with van der Waals surface area (Å²) in [4.78, 5) is 22.0. The molecule has 0 aliphatic rings. The van der Waals surface area contributed by atoms with Gasteiger partial charge in [0.05, 0.1) is 21.1 Å². The Kier molecular flexibility index (Phi) is 7.50. The minimum Gasteiger partial charge on any atom is -0.543 e. The van der Waals surface area contributed by atoms with Crippen LogP contribution in [0.25, 0.3) is 0 Å². The van der Waals surface area contributed by atoms with Gasteiger partial charge in [0.1, 0.15) is 5.97 Å². The molecule has 0 saturated heterocycles. The predicted octanol–water partition coefficient (Wildman–Crippen LogP) is -0.633. The van der Waals surface area contributed by atoms with Gasteiger partial charge in [-0.3, -0.25) is 9.69 Å². The van der Waals surface area contributed by atoms with Gasteiger partial charge in [0.2, 0.25) is 0 Å². The van der Waals surface area contributed by atoms with Crippen molar-refractivity contribution in [2.45, 2.75) is 19.0 Å². The number of likely N-dealkylation sites (N-methyl/N-ethyl adjacent to an activating group) is 2. The fraction of sp³-hybridized carbons (Fsp3) is 0.667. The third kappa shape index (κ3) is 4.85. The summed E-state index contributed by atoms with van der Waals surface area (Å²) >= 11 is 0. The van der Waals surface area contributed by atoms with Crippen molar-refractivity contribution in [3.05, 3.63) is 12.7 Å². The van der Waals surface area contributed by atoms with E-state index < -0.39 is 17.6 Å². The molecule has 1 atom stereocenters. The SMILES string of the molecule is C=CCC(C(=O)[O-])(N(C)C)[N+](C)(C)C.CC(=O)O. The van der Waals surface area contributed by atoms with Crippen molar-refractivity contribution in [2.75, 3.05) is 35.2 Å². The molecule has 0 aliphatic carbocycles. The molecule has 0 aromatic heterocycles. The number of quaternary nitrogens is 1. The van der Waals surface area contributed by atoms with E-state index >= 15 is 0 Å². The van der Waals surface area contributed by atoms with E-state index in [0.29, 0.717) is 6.42 Å². The molecule has 0 spiro atoms. The lowest BCUT2D eigenvalue weighted by Crippen LogP contribution is -2.72. The molecule has 0 fully saturated rings. The van der Waals surface area contributed by atoms with Crippen LogP contribution in [0.2, 0.25) is 0 Å². The Morgan fingerprint density at radius 3 is 1.78 bits per heavy atom. The number of nitrogens with zero attached hydrogens (tertiary/aromatic N) is 2. The van der Waals surface area contributed by atoms with Crippen molar-refractivity contribution in [3.8, 4) is 0 Å². The van der Waals surface area contributed by atoms with Gasteiger partial charge in [-0.2, -0.15) is 0 Å². The maximum atomic E-state index is 11.3. The van der Waals surface area contributed by atoms with E-state index in [2.05, 4.69) is 6.58 Å². The summed E-state index contributed by atoms with van der Waals surface area (Å²) in [6, 6.07) is 0. The van der Waals surface area contributed by atoms with Gasteiger partial charge in [-0.1, -0.05) is 6.08 Å². The number of hydrogen-bond donors (Lipinski definition) is 1. The van der Waals surface area contributed by atoms with Gasteiger partial charge >= 0.3 is 0 Å². The fourth-order valence-electron chi connectivity index (χ4n) is 1.80. The molecule has 0 aliphatic heterocycles. The summed E-state index contributed by atoms with van der Waals surface area (Å²) in [6.45, 7) is 4.68. The molecule has 0 saturated carbocycles. The number of carboxylic acid groups (broad SMARTS) is 2. The first kappa shape index (κ1) is 19.0. The van der Waals surface area contributed by atoms with Crippen LogP contribution in [-0.4, -0.2) is 67.3 Å². The van der Waals surface area contributed by atoms with Gasteiger partial charge in [-0.15, -0.1) is 6.58 Å². The van der Waals surface area contributed by atoms with E-state index in [4.69, 9.17) is 9.90 Å². The Bertz CT molecular complexity index is 304. The molecule has 0 aromatic carbocycles. The quantitative estimate of drug-likeness (QED) is 0.404. The van der Waals surface area contributed by atoms with E-state index in [-0.39, 0.29) is 4.48 Å². The summed E-state index contributed by atoms with van der Waals surface area (Å²) in [5, 5.41) is 18.7. The first-order valence-electron chi connectivity index (χ1n) is 5.44. The number of hydrogen-bond acceptors (Lipinski definition) is 4. The zero-order valence-electron chi connectivity index (χ0n) is 12.1. The molecule has 6 nitrogen and oxygen atoms in total. The molecule has 106 valence electrons. The first-order valence-corrected chi connectivity index (χ1v) is 5.44. The summed E-state index contributed by atoms with van der Waals surface area (Å²) < 4.78 is 0.272. The van der Waals surface area contributed by atoms with E-state index in [1.165, 1.54) is 0 Å². The van der Waals surface area contributed by atoms with E-state index in [9.17, 15) is 9.90 Å². The molecule has 0 rings (SSSR count). The van der Waals surface area contributed by atoms with E-state index in [1.807, 2.05) is 21.1 Å². The van der Waals surface area contributed by atoms with Gasteiger partial charge in [-0.05, 0) is 14.1 Å². The van der Waals surface area contributed by atoms with Crippen molar-refractivity contribution in [2.24, 2.45) is 0 Å². The Morgan fingerprint density at radius 2 is 1.72 bits per heavy atom. The fourth-order valence-corrected chi connectivity index (χ4v) is 1.80. The predicted molar refractivity (Wildman–Crippen MR) is 67.6 cm³/mol. The number of carbonyl (C=O) groups is 2. The summed E-state index contributed by atoms with van der Waals surface area (Å²) in [5.41, 5.74) is -1.05. The second kappa shape index (κ2) is 7.13. The topological polar surface area (TPSA) is 80.7 Å². The van der Waals surface area contributed by atoms with Gasteiger partial charge < -0.3 is 19.5 Å². The molecule has 18 heavy (non-hydrogen) atoms. The molecule has 0 bridgehead atoms. The van der Waals surface area contributed by atoms with Crippen LogP contribution in [0.4, 0.5) is 0 Å². The zero-order chi connectivity index (χ0) is 15.1. The average molecular weight is 260 g/mol. The van der Waals surface area contributed by atoms with E-state index in [1.54, 1.807) is 25.1 Å². The second-order valence-corrected chi connectivity index (χ2v) is 5.02. The molecule has 0 amide bonds. The summed E-state index contributed by atoms with van der Waals surface area (Å²) in [7, 11) is 8.98. The lowest BCUT2D eigenvalue weighted by molar-refractivity contribution is -0.928. The minimum absolute atomic E-state index is 0.272. The molecular formula is C12H24N2O4. The van der Waals surface area contributed by atoms with Crippen molar-refractivity contribution < 1.29 is 24.3 Å². The molecule has 0 radical (unpaired) electrons. The van der Waals surface area contributed by atoms with Crippen LogP contribution >= 0.6 is 0 Å². The highest BCUT2D eigenvalue weighted by atomic mass is 16.4.